The third-order valence-corrected chi connectivity index (χ3v) is 6.43. The molecular weight excluding hydrogens is 400 g/mol. The molecule has 0 bridgehead atoms. The van der Waals surface area contributed by atoms with Crippen molar-refractivity contribution in [2.45, 2.75) is 33.5 Å². The summed E-state index contributed by atoms with van der Waals surface area (Å²) in [6.07, 6.45) is 1.68. The van der Waals surface area contributed by atoms with Crippen molar-refractivity contribution in [3.8, 4) is 0 Å². The van der Waals surface area contributed by atoms with Gasteiger partial charge in [0.1, 0.15) is 11.5 Å². The molecule has 4 heterocycles. The van der Waals surface area contributed by atoms with Crippen LogP contribution in [0.1, 0.15) is 27.7 Å². The second kappa shape index (κ2) is 9.59. The number of piperazine rings is 1. The first-order chi connectivity index (χ1) is 14.6. The molecule has 4 rings (SSSR count). The van der Waals surface area contributed by atoms with E-state index in [0.717, 1.165) is 62.0 Å². The molecule has 0 N–H and O–H groups in total. The van der Waals surface area contributed by atoms with E-state index in [2.05, 4.69) is 26.4 Å². The van der Waals surface area contributed by atoms with Crippen LogP contribution in [-0.4, -0.2) is 58.5 Å². The van der Waals surface area contributed by atoms with E-state index in [1.807, 2.05) is 36.9 Å². The number of thiophene rings is 1. The minimum absolute atomic E-state index is 0.176. The molecule has 8 heteroatoms. The lowest BCUT2D eigenvalue weighted by Gasteiger charge is -2.35. The number of aromatic nitrogens is 1. The van der Waals surface area contributed by atoms with Crippen molar-refractivity contribution in [3.05, 3.63) is 63.6 Å². The van der Waals surface area contributed by atoms with Crippen LogP contribution in [0.2, 0.25) is 0 Å². The molecule has 0 aliphatic carbocycles. The highest BCUT2D eigenvalue weighted by molar-refractivity contribution is 7.09. The van der Waals surface area contributed by atoms with Crippen molar-refractivity contribution in [2.24, 2.45) is 0 Å². The zero-order valence-electron chi connectivity index (χ0n) is 17.5. The van der Waals surface area contributed by atoms with E-state index in [1.165, 1.54) is 4.88 Å². The lowest BCUT2D eigenvalue weighted by molar-refractivity contribution is -0.134. The Morgan fingerprint density at radius 1 is 1.17 bits per heavy atom. The van der Waals surface area contributed by atoms with E-state index in [4.69, 9.17) is 8.94 Å². The molecule has 3 aromatic rings. The third-order valence-electron chi connectivity index (χ3n) is 5.57. The highest BCUT2D eigenvalue weighted by Crippen LogP contribution is 2.18. The monoisotopic (exact) mass is 428 g/mol. The summed E-state index contributed by atoms with van der Waals surface area (Å²) in [4.78, 5) is 20.8. The Bertz CT molecular complexity index is 872. The fourth-order valence-electron chi connectivity index (χ4n) is 3.81. The minimum atomic E-state index is 0.176. The smallest absolute Gasteiger partial charge is 0.236 e. The second-order valence-corrected chi connectivity index (χ2v) is 8.80. The summed E-state index contributed by atoms with van der Waals surface area (Å²) in [7, 11) is 0. The normalized spacial score (nSPS) is 15.2. The molecule has 7 nitrogen and oxygen atoms in total. The van der Waals surface area contributed by atoms with Gasteiger partial charge in [0.15, 0.2) is 0 Å². The number of aryl methyl sites for hydroxylation is 2. The standard InChI is InChI=1S/C22H28N4O3S/c1-17-21(18(2)29-23-17)15-24-7-9-26(10-8-24)22(27)16-25(13-19-5-3-11-28-19)14-20-6-4-12-30-20/h3-6,11-12H,7-10,13-16H2,1-2H3. The molecule has 1 amide bonds. The summed E-state index contributed by atoms with van der Waals surface area (Å²) in [6, 6.07) is 8.00. The van der Waals surface area contributed by atoms with E-state index < -0.39 is 0 Å². The maximum Gasteiger partial charge on any atom is 0.236 e. The average molecular weight is 429 g/mol. The maximum absolute atomic E-state index is 13.0. The Labute approximate surface area is 180 Å². The van der Waals surface area contributed by atoms with Crippen LogP contribution in [0.5, 0.6) is 0 Å². The van der Waals surface area contributed by atoms with E-state index >= 15 is 0 Å². The van der Waals surface area contributed by atoms with Crippen LogP contribution >= 0.6 is 11.3 Å². The summed E-state index contributed by atoms with van der Waals surface area (Å²) in [5.74, 6) is 1.94. The number of amides is 1. The number of hydrogen-bond acceptors (Lipinski definition) is 7. The number of hydrogen-bond donors (Lipinski definition) is 0. The van der Waals surface area contributed by atoms with Gasteiger partial charge in [-0.25, -0.2) is 0 Å². The van der Waals surface area contributed by atoms with Gasteiger partial charge in [0.2, 0.25) is 5.91 Å². The topological polar surface area (TPSA) is 66.0 Å². The van der Waals surface area contributed by atoms with Crippen molar-refractivity contribution < 1.29 is 13.7 Å². The summed E-state index contributed by atoms with van der Waals surface area (Å²) in [6.45, 7) is 9.74. The van der Waals surface area contributed by atoms with Gasteiger partial charge in [0.25, 0.3) is 0 Å². The number of nitrogens with zero attached hydrogens (tertiary/aromatic N) is 4. The van der Waals surface area contributed by atoms with Gasteiger partial charge in [-0.15, -0.1) is 11.3 Å². The van der Waals surface area contributed by atoms with Gasteiger partial charge in [-0.05, 0) is 37.4 Å². The van der Waals surface area contributed by atoms with E-state index in [-0.39, 0.29) is 5.91 Å². The number of carbonyl (C=O) groups is 1. The van der Waals surface area contributed by atoms with Crippen LogP contribution in [0, 0.1) is 13.8 Å². The second-order valence-electron chi connectivity index (χ2n) is 7.76. The van der Waals surface area contributed by atoms with E-state index in [0.29, 0.717) is 13.1 Å². The van der Waals surface area contributed by atoms with Crippen LogP contribution in [0.4, 0.5) is 0 Å². The van der Waals surface area contributed by atoms with Crippen LogP contribution in [0.15, 0.2) is 44.8 Å². The average Bonchev–Trinajstić information content (AvgIpc) is 3.49. The first kappa shape index (κ1) is 20.8. The highest BCUT2D eigenvalue weighted by atomic mass is 32.1. The number of rotatable bonds is 8. The van der Waals surface area contributed by atoms with E-state index in [1.54, 1.807) is 17.6 Å². The Morgan fingerprint density at radius 3 is 2.63 bits per heavy atom. The quantitative estimate of drug-likeness (QED) is 0.549. The number of carbonyl (C=O) groups excluding carboxylic acids is 1. The van der Waals surface area contributed by atoms with Gasteiger partial charge in [0.05, 0.1) is 25.0 Å². The molecule has 1 aliphatic heterocycles. The lowest BCUT2D eigenvalue weighted by Crippen LogP contribution is -2.50. The van der Waals surface area contributed by atoms with E-state index in [9.17, 15) is 4.79 Å². The van der Waals surface area contributed by atoms with Crippen LogP contribution in [-0.2, 0) is 24.4 Å². The van der Waals surface area contributed by atoms with Crippen LogP contribution < -0.4 is 0 Å². The molecule has 160 valence electrons. The first-order valence-electron chi connectivity index (χ1n) is 10.3. The molecule has 0 atom stereocenters. The Balaban J connectivity index is 1.31. The molecule has 1 aliphatic rings. The Morgan fingerprint density at radius 2 is 2.00 bits per heavy atom. The summed E-state index contributed by atoms with van der Waals surface area (Å²) in [5, 5.41) is 6.11. The molecule has 3 aromatic heterocycles. The lowest BCUT2D eigenvalue weighted by atomic mass is 10.2. The fourth-order valence-corrected chi connectivity index (χ4v) is 4.56. The molecular formula is C22H28N4O3S. The van der Waals surface area contributed by atoms with Gasteiger partial charge in [0, 0.05) is 49.7 Å². The predicted octanol–water partition coefficient (Wildman–Crippen LogP) is 3.29. The number of furan rings is 1. The third kappa shape index (κ3) is 5.19. The van der Waals surface area contributed by atoms with Gasteiger partial charge in [-0.3, -0.25) is 14.6 Å². The Kier molecular flexibility index (Phi) is 6.66. The Hall–Kier alpha value is -2.42. The molecule has 0 spiro atoms. The predicted molar refractivity (Wildman–Crippen MR) is 115 cm³/mol. The molecule has 0 unspecified atom stereocenters. The summed E-state index contributed by atoms with van der Waals surface area (Å²) in [5.41, 5.74) is 2.11. The van der Waals surface area contributed by atoms with Crippen molar-refractivity contribution in [1.29, 1.82) is 0 Å². The SMILES string of the molecule is Cc1noc(C)c1CN1CCN(C(=O)CN(Cc2ccco2)Cc2cccs2)CC1. The van der Waals surface area contributed by atoms with Crippen molar-refractivity contribution >= 4 is 17.2 Å². The van der Waals surface area contributed by atoms with Gasteiger partial charge < -0.3 is 13.8 Å². The van der Waals surface area contributed by atoms with Crippen molar-refractivity contribution in [1.82, 2.24) is 19.9 Å². The van der Waals surface area contributed by atoms with Gasteiger partial charge in [-0.1, -0.05) is 11.2 Å². The molecule has 1 fully saturated rings. The zero-order chi connectivity index (χ0) is 20.9. The minimum Gasteiger partial charge on any atom is -0.468 e. The molecule has 0 saturated carbocycles. The molecule has 0 radical (unpaired) electrons. The van der Waals surface area contributed by atoms with Crippen LogP contribution in [0.25, 0.3) is 0 Å². The summed E-state index contributed by atoms with van der Waals surface area (Å²) >= 11 is 1.71. The maximum atomic E-state index is 13.0. The fraction of sp³-hybridized carbons (Fsp3) is 0.455. The van der Waals surface area contributed by atoms with Gasteiger partial charge >= 0.3 is 0 Å². The highest BCUT2D eigenvalue weighted by Gasteiger charge is 2.24. The first-order valence-corrected chi connectivity index (χ1v) is 11.2. The molecule has 1 saturated heterocycles. The van der Waals surface area contributed by atoms with Crippen molar-refractivity contribution in [2.75, 3.05) is 32.7 Å². The zero-order valence-corrected chi connectivity index (χ0v) is 18.4. The van der Waals surface area contributed by atoms with Gasteiger partial charge in [-0.2, -0.15) is 0 Å². The molecule has 30 heavy (non-hydrogen) atoms. The molecule has 0 aromatic carbocycles. The van der Waals surface area contributed by atoms with Crippen LogP contribution in [0.3, 0.4) is 0 Å². The van der Waals surface area contributed by atoms with Crippen molar-refractivity contribution in [3.63, 3.8) is 0 Å². The summed E-state index contributed by atoms with van der Waals surface area (Å²) < 4.78 is 10.8. The largest absolute Gasteiger partial charge is 0.468 e.